The summed E-state index contributed by atoms with van der Waals surface area (Å²) in [5.41, 5.74) is 3.18. The highest BCUT2D eigenvalue weighted by atomic mass is 16.1. The van der Waals surface area contributed by atoms with Gasteiger partial charge in [-0.05, 0) is 31.9 Å². The van der Waals surface area contributed by atoms with E-state index in [1.54, 1.807) is 12.4 Å². The maximum absolute atomic E-state index is 11.7. The Hall–Kier alpha value is -2.54. The molecule has 0 aliphatic carbocycles. The summed E-state index contributed by atoms with van der Waals surface area (Å²) >= 11 is 0. The summed E-state index contributed by atoms with van der Waals surface area (Å²) in [4.78, 5) is 14.6. The van der Waals surface area contributed by atoms with Crippen LogP contribution in [0.2, 0.25) is 0 Å². The Labute approximate surface area is 113 Å². The van der Waals surface area contributed by atoms with Gasteiger partial charge in [0.1, 0.15) is 5.69 Å². The first kappa shape index (κ1) is 14.5. The lowest BCUT2D eigenvalue weighted by molar-refractivity contribution is 0.0968. The summed E-state index contributed by atoms with van der Waals surface area (Å²) in [5, 5.41) is 10.6. The van der Waals surface area contributed by atoms with E-state index in [4.69, 9.17) is 5.26 Å². The van der Waals surface area contributed by atoms with Crippen LogP contribution in [-0.4, -0.2) is 10.9 Å². The second-order valence-electron chi connectivity index (χ2n) is 3.92. The lowest BCUT2D eigenvalue weighted by Crippen LogP contribution is -2.18. The van der Waals surface area contributed by atoms with E-state index in [0.29, 0.717) is 5.69 Å². The van der Waals surface area contributed by atoms with Crippen LogP contribution in [0, 0.1) is 18.4 Å². The highest BCUT2D eigenvalue weighted by Crippen LogP contribution is 2.23. The number of rotatable bonds is 4. The maximum Gasteiger partial charge on any atom is 0.280 e. The van der Waals surface area contributed by atoms with Gasteiger partial charge in [-0.25, -0.2) is 0 Å². The summed E-state index contributed by atoms with van der Waals surface area (Å²) in [6.07, 6.45) is 13.2. The van der Waals surface area contributed by atoms with E-state index in [1.807, 2.05) is 51.2 Å². The minimum atomic E-state index is -0.419. The predicted octanol–water partition coefficient (Wildman–Crippen LogP) is 3.07. The van der Waals surface area contributed by atoms with E-state index in [2.05, 4.69) is 10.3 Å². The van der Waals surface area contributed by atoms with E-state index in [-0.39, 0.29) is 0 Å². The number of H-pyrrole nitrogens is 1. The van der Waals surface area contributed by atoms with E-state index in [1.165, 1.54) is 0 Å². The number of nitrogens with one attached hydrogen (secondary N) is 2. The SMILES string of the molecule is C\C=C/C(=C\C=C\C)c1c[nH]c(C(=O)NC#N)c1C. The first-order valence-electron chi connectivity index (χ1n) is 5.99. The molecular formula is C15H17N3O. The quantitative estimate of drug-likeness (QED) is 0.493. The predicted molar refractivity (Wildman–Crippen MR) is 76.2 cm³/mol. The van der Waals surface area contributed by atoms with Crippen molar-refractivity contribution in [3.05, 3.63) is 53.4 Å². The average Bonchev–Trinajstić information content (AvgIpc) is 2.77. The number of hydrogen-bond donors (Lipinski definition) is 2. The fourth-order valence-electron chi connectivity index (χ4n) is 1.76. The summed E-state index contributed by atoms with van der Waals surface area (Å²) < 4.78 is 0. The molecule has 1 rings (SSSR count). The molecule has 4 nitrogen and oxygen atoms in total. The molecule has 1 amide bonds. The van der Waals surface area contributed by atoms with E-state index < -0.39 is 5.91 Å². The van der Waals surface area contributed by atoms with Crippen molar-refractivity contribution in [2.24, 2.45) is 0 Å². The normalized spacial score (nSPS) is 12.0. The van der Waals surface area contributed by atoms with Crippen molar-refractivity contribution in [3.63, 3.8) is 0 Å². The first-order chi connectivity index (χ1) is 9.15. The summed E-state index contributed by atoms with van der Waals surface area (Å²) in [7, 11) is 0. The zero-order valence-corrected chi connectivity index (χ0v) is 11.3. The molecule has 0 radical (unpaired) electrons. The van der Waals surface area contributed by atoms with Crippen molar-refractivity contribution in [2.45, 2.75) is 20.8 Å². The Morgan fingerprint density at radius 2 is 2.16 bits per heavy atom. The number of nitriles is 1. The Bertz CT molecular complexity index is 583. The second kappa shape index (κ2) is 7.02. The molecule has 0 saturated carbocycles. The molecule has 0 fully saturated rings. The van der Waals surface area contributed by atoms with Crippen LogP contribution in [0.25, 0.3) is 5.57 Å². The number of aromatic amines is 1. The molecule has 1 aromatic rings. The fourth-order valence-corrected chi connectivity index (χ4v) is 1.76. The largest absolute Gasteiger partial charge is 0.356 e. The molecule has 0 saturated heterocycles. The van der Waals surface area contributed by atoms with Crippen LogP contribution in [0.15, 0.2) is 36.6 Å². The highest BCUT2D eigenvalue weighted by molar-refractivity contribution is 5.96. The van der Waals surface area contributed by atoms with Gasteiger partial charge in [-0.1, -0.05) is 30.4 Å². The van der Waals surface area contributed by atoms with Crippen molar-refractivity contribution in [1.29, 1.82) is 5.26 Å². The molecular weight excluding hydrogens is 238 g/mol. The molecule has 0 aliphatic heterocycles. The standard InChI is InChI=1S/C15H17N3O/c1-4-6-8-12(7-5-2)13-9-17-14(11(13)3)15(19)18-10-16/h4-9,17H,1-3H3,(H,18,19)/b6-4+,7-5-,12-8+. The minimum absolute atomic E-state index is 0.410. The molecule has 0 aromatic carbocycles. The molecule has 0 aliphatic rings. The number of carbonyl (C=O) groups is 1. The molecule has 0 spiro atoms. The number of hydrogen-bond acceptors (Lipinski definition) is 2. The van der Waals surface area contributed by atoms with Gasteiger partial charge in [-0.2, -0.15) is 5.26 Å². The molecule has 4 heteroatoms. The molecule has 98 valence electrons. The molecule has 1 heterocycles. The van der Waals surface area contributed by atoms with Crippen LogP contribution >= 0.6 is 0 Å². The van der Waals surface area contributed by atoms with Crippen molar-refractivity contribution in [1.82, 2.24) is 10.3 Å². The molecule has 19 heavy (non-hydrogen) atoms. The summed E-state index contributed by atoms with van der Waals surface area (Å²) in [5.74, 6) is -0.419. The summed E-state index contributed by atoms with van der Waals surface area (Å²) in [6.45, 7) is 5.74. The van der Waals surface area contributed by atoms with Gasteiger partial charge in [0.2, 0.25) is 0 Å². The van der Waals surface area contributed by atoms with E-state index >= 15 is 0 Å². The molecule has 0 atom stereocenters. The third-order valence-corrected chi connectivity index (χ3v) is 2.66. The second-order valence-corrected chi connectivity index (χ2v) is 3.92. The highest BCUT2D eigenvalue weighted by Gasteiger charge is 2.14. The smallest absolute Gasteiger partial charge is 0.280 e. The topological polar surface area (TPSA) is 68.7 Å². The van der Waals surface area contributed by atoms with Crippen LogP contribution in [0.5, 0.6) is 0 Å². The minimum Gasteiger partial charge on any atom is -0.356 e. The van der Waals surface area contributed by atoms with Gasteiger partial charge in [0, 0.05) is 11.8 Å². The van der Waals surface area contributed by atoms with Crippen LogP contribution in [0.3, 0.4) is 0 Å². The van der Waals surface area contributed by atoms with Crippen molar-refractivity contribution < 1.29 is 4.79 Å². The fraction of sp³-hybridized carbons (Fsp3) is 0.200. The Balaban J connectivity index is 3.21. The Morgan fingerprint density at radius 3 is 2.74 bits per heavy atom. The first-order valence-corrected chi connectivity index (χ1v) is 5.99. The van der Waals surface area contributed by atoms with Gasteiger partial charge in [0.15, 0.2) is 6.19 Å². The van der Waals surface area contributed by atoms with Gasteiger partial charge in [0.05, 0.1) is 0 Å². The number of allylic oxidation sites excluding steroid dienone is 6. The molecule has 2 N–H and O–H groups in total. The Kier molecular flexibility index (Phi) is 5.36. The number of nitrogens with zero attached hydrogens (tertiary/aromatic N) is 1. The Morgan fingerprint density at radius 1 is 1.42 bits per heavy atom. The zero-order chi connectivity index (χ0) is 14.3. The lowest BCUT2D eigenvalue weighted by atomic mass is 10.0. The van der Waals surface area contributed by atoms with Crippen LogP contribution in [0.4, 0.5) is 0 Å². The van der Waals surface area contributed by atoms with Crippen LogP contribution < -0.4 is 5.32 Å². The van der Waals surface area contributed by atoms with Crippen LogP contribution in [-0.2, 0) is 0 Å². The van der Waals surface area contributed by atoms with Crippen molar-refractivity contribution in [2.75, 3.05) is 0 Å². The van der Waals surface area contributed by atoms with E-state index in [9.17, 15) is 4.79 Å². The van der Waals surface area contributed by atoms with Gasteiger partial charge < -0.3 is 4.98 Å². The number of aromatic nitrogens is 1. The van der Waals surface area contributed by atoms with Crippen LogP contribution in [0.1, 0.15) is 35.5 Å². The zero-order valence-electron chi connectivity index (χ0n) is 11.3. The molecule has 0 unspecified atom stereocenters. The third-order valence-electron chi connectivity index (χ3n) is 2.66. The van der Waals surface area contributed by atoms with Gasteiger partial charge in [0.25, 0.3) is 5.91 Å². The molecule has 0 bridgehead atoms. The van der Waals surface area contributed by atoms with Gasteiger partial charge >= 0.3 is 0 Å². The average molecular weight is 255 g/mol. The summed E-state index contributed by atoms with van der Waals surface area (Å²) in [6, 6.07) is 0. The van der Waals surface area contributed by atoms with Gasteiger partial charge in [-0.3, -0.25) is 10.1 Å². The van der Waals surface area contributed by atoms with Gasteiger partial charge in [-0.15, -0.1) is 0 Å². The van der Waals surface area contributed by atoms with Crippen molar-refractivity contribution >= 4 is 11.5 Å². The maximum atomic E-state index is 11.7. The molecule has 1 aromatic heterocycles. The van der Waals surface area contributed by atoms with Crippen molar-refractivity contribution in [3.8, 4) is 6.19 Å². The number of amides is 1. The lowest BCUT2D eigenvalue weighted by Gasteiger charge is -2.01. The number of carbonyl (C=O) groups excluding carboxylic acids is 1. The third kappa shape index (κ3) is 3.46. The monoisotopic (exact) mass is 255 g/mol. The van der Waals surface area contributed by atoms with E-state index in [0.717, 1.165) is 16.7 Å².